The number of aliphatic hydroxyl groups is 1. The first kappa shape index (κ1) is 13.5. The van der Waals surface area contributed by atoms with Crippen molar-refractivity contribution in [2.24, 2.45) is 0 Å². The van der Waals surface area contributed by atoms with Crippen LogP contribution >= 0.6 is 0 Å². The number of aliphatic hydroxyl groups excluding tert-OH is 1. The Morgan fingerprint density at radius 2 is 2.19 bits per heavy atom. The van der Waals surface area contributed by atoms with Crippen molar-refractivity contribution in [1.82, 2.24) is 10.2 Å². The summed E-state index contributed by atoms with van der Waals surface area (Å²) in [7, 11) is 0. The largest absolute Gasteiger partial charge is 0.390 e. The highest BCUT2D eigenvalue weighted by Crippen LogP contribution is 1.98. The quantitative estimate of drug-likeness (QED) is 0.609. The Labute approximate surface area is 98.0 Å². The monoisotopic (exact) mass is 226 g/mol. The van der Waals surface area contributed by atoms with Gasteiger partial charge in [0.2, 0.25) is 0 Å². The van der Waals surface area contributed by atoms with Gasteiger partial charge in [0.05, 0.1) is 25.4 Å². The summed E-state index contributed by atoms with van der Waals surface area (Å²) in [5, 5.41) is 13.0. The van der Waals surface area contributed by atoms with Crippen LogP contribution in [-0.4, -0.2) is 61.5 Å². The fraction of sp³-hybridized carbons (Fsp3) is 0.833. The molecular formula is C12H22N2O2. The van der Waals surface area contributed by atoms with Crippen LogP contribution < -0.4 is 5.32 Å². The minimum Gasteiger partial charge on any atom is -0.390 e. The Morgan fingerprint density at radius 3 is 2.75 bits per heavy atom. The van der Waals surface area contributed by atoms with E-state index in [-0.39, 0.29) is 12.1 Å². The van der Waals surface area contributed by atoms with Gasteiger partial charge in [-0.1, -0.05) is 12.8 Å². The fourth-order valence-electron chi connectivity index (χ4n) is 1.75. The van der Waals surface area contributed by atoms with Crippen molar-refractivity contribution in [3.8, 4) is 12.3 Å². The molecule has 1 aliphatic heterocycles. The predicted octanol–water partition coefficient (Wildman–Crippen LogP) is -0.319. The van der Waals surface area contributed by atoms with E-state index in [4.69, 9.17) is 11.2 Å². The molecule has 0 aromatic heterocycles. The molecule has 2 unspecified atom stereocenters. The molecule has 1 saturated heterocycles. The van der Waals surface area contributed by atoms with E-state index in [0.717, 1.165) is 32.7 Å². The third-order valence-corrected chi connectivity index (χ3v) is 2.78. The van der Waals surface area contributed by atoms with E-state index in [1.807, 2.05) is 6.92 Å². The summed E-state index contributed by atoms with van der Waals surface area (Å²) in [6.45, 7) is 6.63. The van der Waals surface area contributed by atoms with Gasteiger partial charge in [-0.3, -0.25) is 4.90 Å². The summed E-state index contributed by atoms with van der Waals surface area (Å²) in [5.41, 5.74) is 0. The number of nitrogens with zero attached hydrogens (tertiary/aromatic N) is 1. The van der Waals surface area contributed by atoms with Gasteiger partial charge >= 0.3 is 0 Å². The van der Waals surface area contributed by atoms with Crippen molar-refractivity contribution in [3.63, 3.8) is 0 Å². The maximum atomic E-state index is 9.83. The summed E-state index contributed by atoms with van der Waals surface area (Å²) in [6, 6.07) is 0.0688. The Balaban J connectivity index is 2.14. The standard InChI is InChI=1S/C12H22N2O2/c1-3-11(4-2)13-9-12(15)10-14-5-7-16-8-6-14/h1,11-13,15H,4-10H2,2H3. The average molecular weight is 226 g/mol. The summed E-state index contributed by atoms with van der Waals surface area (Å²) >= 11 is 0. The lowest BCUT2D eigenvalue weighted by atomic mass is 10.2. The van der Waals surface area contributed by atoms with Crippen LogP contribution in [0.15, 0.2) is 0 Å². The van der Waals surface area contributed by atoms with Crippen LogP contribution in [0.4, 0.5) is 0 Å². The van der Waals surface area contributed by atoms with Gasteiger partial charge in [-0.25, -0.2) is 0 Å². The minimum atomic E-state index is -0.361. The molecule has 0 aliphatic carbocycles. The van der Waals surface area contributed by atoms with E-state index in [0.29, 0.717) is 13.1 Å². The van der Waals surface area contributed by atoms with Crippen LogP contribution in [-0.2, 0) is 4.74 Å². The van der Waals surface area contributed by atoms with E-state index in [1.165, 1.54) is 0 Å². The predicted molar refractivity (Wildman–Crippen MR) is 64.2 cm³/mol. The number of rotatable bonds is 6. The summed E-state index contributed by atoms with van der Waals surface area (Å²) in [6.07, 6.45) is 5.86. The number of hydrogen-bond acceptors (Lipinski definition) is 4. The summed E-state index contributed by atoms with van der Waals surface area (Å²) in [5.74, 6) is 2.65. The molecule has 16 heavy (non-hydrogen) atoms. The Morgan fingerprint density at radius 1 is 1.50 bits per heavy atom. The maximum Gasteiger partial charge on any atom is 0.0791 e. The number of morpholine rings is 1. The normalized spacial score (nSPS) is 21.3. The van der Waals surface area contributed by atoms with Crippen LogP contribution in [0.2, 0.25) is 0 Å². The molecule has 0 aromatic rings. The number of terminal acetylenes is 1. The zero-order valence-electron chi connectivity index (χ0n) is 9.98. The van der Waals surface area contributed by atoms with Gasteiger partial charge in [-0.05, 0) is 6.42 Å². The van der Waals surface area contributed by atoms with Crippen molar-refractivity contribution in [2.45, 2.75) is 25.5 Å². The van der Waals surface area contributed by atoms with Crippen LogP contribution in [0.5, 0.6) is 0 Å². The molecule has 1 heterocycles. The molecule has 1 aliphatic rings. The smallest absolute Gasteiger partial charge is 0.0791 e. The van der Waals surface area contributed by atoms with E-state index >= 15 is 0 Å². The maximum absolute atomic E-state index is 9.83. The zero-order chi connectivity index (χ0) is 11.8. The van der Waals surface area contributed by atoms with Crippen molar-refractivity contribution in [1.29, 1.82) is 0 Å². The molecule has 0 amide bonds. The third kappa shape index (κ3) is 4.95. The average Bonchev–Trinajstić information content (AvgIpc) is 2.31. The van der Waals surface area contributed by atoms with Crippen LogP contribution in [0, 0.1) is 12.3 Å². The van der Waals surface area contributed by atoms with Crippen molar-refractivity contribution in [3.05, 3.63) is 0 Å². The highest BCUT2D eigenvalue weighted by Gasteiger charge is 2.15. The second-order valence-electron chi connectivity index (χ2n) is 4.10. The lowest BCUT2D eigenvalue weighted by Crippen LogP contribution is -2.45. The molecule has 0 saturated carbocycles. The molecule has 2 atom stereocenters. The Hall–Kier alpha value is -0.600. The molecule has 4 nitrogen and oxygen atoms in total. The number of ether oxygens (including phenoxy) is 1. The van der Waals surface area contributed by atoms with E-state index in [2.05, 4.69) is 16.1 Å². The lowest BCUT2D eigenvalue weighted by molar-refractivity contribution is 0.0147. The van der Waals surface area contributed by atoms with Gasteiger partial charge in [0.1, 0.15) is 0 Å². The van der Waals surface area contributed by atoms with Crippen LogP contribution in [0.25, 0.3) is 0 Å². The van der Waals surface area contributed by atoms with Crippen molar-refractivity contribution < 1.29 is 9.84 Å². The second kappa shape index (κ2) is 7.64. The zero-order valence-corrected chi connectivity index (χ0v) is 9.98. The molecule has 0 spiro atoms. The summed E-state index contributed by atoms with van der Waals surface area (Å²) in [4.78, 5) is 2.21. The molecule has 2 N–H and O–H groups in total. The molecule has 1 fully saturated rings. The van der Waals surface area contributed by atoms with Crippen molar-refractivity contribution >= 4 is 0 Å². The van der Waals surface area contributed by atoms with E-state index in [1.54, 1.807) is 0 Å². The van der Waals surface area contributed by atoms with E-state index < -0.39 is 0 Å². The Kier molecular flexibility index (Phi) is 6.43. The van der Waals surface area contributed by atoms with Gasteiger partial charge < -0.3 is 15.2 Å². The first-order valence-electron chi connectivity index (χ1n) is 5.94. The van der Waals surface area contributed by atoms with Gasteiger partial charge in [-0.15, -0.1) is 6.42 Å². The third-order valence-electron chi connectivity index (χ3n) is 2.78. The molecule has 0 bridgehead atoms. The second-order valence-corrected chi connectivity index (χ2v) is 4.10. The molecule has 4 heteroatoms. The molecule has 0 radical (unpaired) electrons. The highest BCUT2D eigenvalue weighted by molar-refractivity contribution is 4.98. The van der Waals surface area contributed by atoms with Crippen molar-refractivity contribution in [2.75, 3.05) is 39.4 Å². The first-order valence-corrected chi connectivity index (χ1v) is 5.94. The molecule has 1 rings (SSSR count). The minimum absolute atomic E-state index is 0.0688. The van der Waals surface area contributed by atoms with Gasteiger partial charge in [0, 0.05) is 26.2 Å². The number of β-amino-alcohol motifs (C(OH)–C–C–N with tert-alkyl or cyclic N) is 1. The van der Waals surface area contributed by atoms with Gasteiger partial charge in [0.15, 0.2) is 0 Å². The molecule has 92 valence electrons. The van der Waals surface area contributed by atoms with Gasteiger partial charge in [-0.2, -0.15) is 0 Å². The molecular weight excluding hydrogens is 204 g/mol. The highest BCUT2D eigenvalue weighted by atomic mass is 16.5. The summed E-state index contributed by atoms with van der Waals surface area (Å²) < 4.78 is 5.25. The first-order chi connectivity index (χ1) is 7.76. The van der Waals surface area contributed by atoms with E-state index in [9.17, 15) is 5.11 Å². The van der Waals surface area contributed by atoms with Crippen LogP contribution in [0.1, 0.15) is 13.3 Å². The fourth-order valence-corrected chi connectivity index (χ4v) is 1.75. The van der Waals surface area contributed by atoms with Crippen LogP contribution in [0.3, 0.4) is 0 Å². The van der Waals surface area contributed by atoms with Gasteiger partial charge in [0.25, 0.3) is 0 Å². The Bertz CT molecular complexity index is 222. The lowest BCUT2D eigenvalue weighted by Gasteiger charge is -2.28. The molecule has 0 aromatic carbocycles. The number of hydrogen-bond donors (Lipinski definition) is 2. The SMILES string of the molecule is C#CC(CC)NCC(O)CN1CCOCC1. The number of nitrogens with one attached hydrogen (secondary N) is 1. The topological polar surface area (TPSA) is 44.7 Å².